The van der Waals surface area contributed by atoms with Crippen LogP contribution >= 0.6 is 0 Å². The Bertz CT molecular complexity index is 838. The van der Waals surface area contributed by atoms with Gasteiger partial charge in [0.05, 0.1) is 25.4 Å². The molecule has 142 valence electrons. The summed E-state index contributed by atoms with van der Waals surface area (Å²) < 4.78 is 5.01. The number of pyridine rings is 1. The van der Waals surface area contributed by atoms with E-state index in [9.17, 15) is 9.59 Å². The molecule has 3 rings (SSSR count). The summed E-state index contributed by atoms with van der Waals surface area (Å²) in [4.78, 5) is 30.3. The first-order chi connectivity index (χ1) is 13.0. The van der Waals surface area contributed by atoms with E-state index in [-0.39, 0.29) is 11.9 Å². The molecule has 0 saturated heterocycles. The van der Waals surface area contributed by atoms with Gasteiger partial charge in [-0.25, -0.2) is 4.98 Å². The number of aromatic nitrogens is 1. The molecular formula is C20H24N4O3. The van der Waals surface area contributed by atoms with E-state index in [4.69, 9.17) is 10.5 Å². The Morgan fingerprint density at radius 1 is 1.26 bits per heavy atom. The third-order valence-electron chi connectivity index (χ3n) is 4.48. The second-order valence-electron chi connectivity index (χ2n) is 6.49. The number of nitrogens with two attached hydrogens (primary N) is 1. The predicted molar refractivity (Wildman–Crippen MR) is 102 cm³/mol. The fraction of sp³-hybridized carbons (Fsp3) is 0.350. The molecule has 0 spiro atoms. The Morgan fingerprint density at radius 2 is 2.11 bits per heavy atom. The van der Waals surface area contributed by atoms with Gasteiger partial charge in [-0.1, -0.05) is 12.1 Å². The van der Waals surface area contributed by atoms with Crippen molar-refractivity contribution in [2.45, 2.75) is 26.4 Å². The summed E-state index contributed by atoms with van der Waals surface area (Å²) in [5.74, 6) is 0.0889. The molecular weight excluding hydrogens is 344 g/mol. The van der Waals surface area contributed by atoms with Crippen LogP contribution in [0, 0.1) is 0 Å². The first-order valence-electron chi connectivity index (χ1n) is 9.04. The molecule has 1 amide bonds. The summed E-state index contributed by atoms with van der Waals surface area (Å²) >= 11 is 0. The number of rotatable bonds is 6. The zero-order valence-corrected chi connectivity index (χ0v) is 15.4. The topological polar surface area (TPSA) is 97.5 Å². The monoisotopic (exact) mass is 368 g/mol. The molecule has 7 heteroatoms. The maximum Gasteiger partial charge on any atom is 0.320 e. The number of benzene rings is 1. The lowest BCUT2D eigenvalue weighted by atomic mass is 9.97. The van der Waals surface area contributed by atoms with E-state index in [0.29, 0.717) is 37.6 Å². The van der Waals surface area contributed by atoms with Crippen molar-refractivity contribution < 1.29 is 14.3 Å². The summed E-state index contributed by atoms with van der Waals surface area (Å²) in [7, 11) is 0. The zero-order valence-electron chi connectivity index (χ0n) is 15.4. The molecule has 0 radical (unpaired) electrons. The highest BCUT2D eigenvalue weighted by Gasteiger charge is 2.20. The average molecular weight is 368 g/mol. The Hall–Kier alpha value is -2.93. The van der Waals surface area contributed by atoms with E-state index in [1.54, 1.807) is 13.0 Å². The number of carbonyl (C=O) groups is 2. The van der Waals surface area contributed by atoms with Crippen molar-refractivity contribution in [2.75, 3.05) is 25.4 Å². The van der Waals surface area contributed by atoms with Gasteiger partial charge in [0.25, 0.3) is 5.91 Å². The van der Waals surface area contributed by atoms with Crippen LogP contribution < -0.4 is 11.1 Å². The molecule has 27 heavy (non-hydrogen) atoms. The van der Waals surface area contributed by atoms with Gasteiger partial charge in [-0.3, -0.25) is 14.5 Å². The van der Waals surface area contributed by atoms with Crippen molar-refractivity contribution in [3.8, 4) is 0 Å². The summed E-state index contributed by atoms with van der Waals surface area (Å²) in [6, 6.07) is 11.0. The molecule has 0 aliphatic carbocycles. The van der Waals surface area contributed by atoms with Crippen molar-refractivity contribution in [3.05, 3.63) is 58.8 Å². The standard InChI is InChI=1S/C20H24N4O3/c1-2-27-19(25)13-24-9-8-14-10-15(6-7-16(14)12-24)20(26)22-11-17-4-3-5-18(21)23-17/h3-7,10H,2,8-9,11-13H2,1H3,(H2,21,23)(H,22,26). The minimum Gasteiger partial charge on any atom is -0.465 e. The highest BCUT2D eigenvalue weighted by Crippen LogP contribution is 2.20. The van der Waals surface area contributed by atoms with E-state index < -0.39 is 0 Å². The van der Waals surface area contributed by atoms with Crippen LogP contribution in [-0.4, -0.2) is 41.5 Å². The molecule has 1 aromatic carbocycles. The number of amides is 1. The smallest absolute Gasteiger partial charge is 0.320 e. The highest BCUT2D eigenvalue weighted by atomic mass is 16.5. The maximum absolute atomic E-state index is 12.4. The van der Waals surface area contributed by atoms with E-state index >= 15 is 0 Å². The SMILES string of the molecule is CCOC(=O)CN1CCc2cc(C(=O)NCc3cccc(N)n3)ccc2C1. The minimum absolute atomic E-state index is 0.143. The van der Waals surface area contributed by atoms with Crippen molar-refractivity contribution in [3.63, 3.8) is 0 Å². The van der Waals surface area contributed by atoms with Gasteiger partial charge in [0.2, 0.25) is 0 Å². The van der Waals surface area contributed by atoms with E-state index in [0.717, 1.165) is 29.8 Å². The predicted octanol–water partition coefficient (Wildman–Crippen LogP) is 1.51. The van der Waals surface area contributed by atoms with Crippen LogP contribution in [0.15, 0.2) is 36.4 Å². The average Bonchev–Trinajstić information content (AvgIpc) is 2.66. The quantitative estimate of drug-likeness (QED) is 0.750. The molecule has 2 heterocycles. The zero-order chi connectivity index (χ0) is 19.2. The van der Waals surface area contributed by atoms with Crippen LogP contribution in [0.1, 0.15) is 34.1 Å². The number of anilines is 1. The number of nitrogen functional groups attached to an aromatic ring is 1. The molecule has 7 nitrogen and oxygen atoms in total. The summed E-state index contributed by atoms with van der Waals surface area (Å²) in [5, 5.41) is 2.87. The van der Waals surface area contributed by atoms with Crippen LogP contribution in [0.25, 0.3) is 0 Å². The molecule has 0 fully saturated rings. The van der Waals surface area contributed by atoms with E-state index in [1.807, 2.05) is 30.3 Å². The van der Waals surface area contributed by atoms with Gasteiger partial charge in [-0.05, 0) is 48.7 Å². The molecule has 0 saturated carbocycles. The van der Waals surface area contributed by atoms with Crippen molar-refractivity contribution >= 4 is 17.7 Å². The lowest BCUT2D eigenvalue weighted by Gasteiger charge is -2.28. The lowest BCUT2D eigenvalue weighted by molar-refractivity contribution is -0.144. The molecule has 1 aromatic heterocycles. The van der Waals surface area contributed by atoms with Crippen LogP contribution in [-0.2, 0) is 29.0 Å². The molecule has 0 atom stereocenters. The number of esters is 1. The maximum atomic E-state index is 12.4. The van der Waals surface area contributed by atoms with Gasteiger partial charge in [-0.15, -0.1) is 0 Å². The second kappa shape index (κ2) is 8.64. The number of ether oxygens (including phenoxy) is 1. The molecule has 0 unspecified atom stereocenters. The van der Waals surface area contributed by atoms with Crippen LogP contribution in [0.5, 0.6) is 0 Å². The van der Waals surface area contributed by atoms with Crippen LogP contribution in [0.2, 0.25) is 0 Å². The normalized spacial score (nSPS) is 13.7. The summed E-state index contributed by atoms with van der Waals surface area (Å²) in [5.41, 5.74) is 9.28. The number of hydrogen-bond acceptors (Lipinski definition) is 6. The van der Waals surface area contributed by atoms with Crippen molar-refractivity contribution in [1.82, 2.24) is 15.2 Å². The first kappa shape index (κ1) is 18.8. The Balaban J connectivity index is 1.59. The van der Waals surface area contributed by atoms with E-state index in [1.165, 1.54) is 0 Å². The number of carbonyl (C=O) groups excluding carboxylic acids is 2. The van der Waals surface area contributed by atoms with Gasteiger partial charge in [0.15, 0.2) is 0 Å². The third-order valence-corrected chi connectivity index (χ3v) is 4.48. The molecule has 0 bridgehead atoms. The Labute approximate surface area is 158 Å². The number of fused-ring (bicyclic) bond motifs is 1. The van der Waals surface area contributed by atoms with E-state index in [2.05, 4.69) is 15.2 Å². The second-order valence-corrected chi connectivity index (χ2v) is 6.49. The van der Waals surface area contributed by atoms with Gasteiger partial charge < -0.3 is 15.8 Å². The number of nitrogens with zero attached hydrogens (tertiary/aromatic N) is 2. The van der Waals surface area contributed by atoms with Crippen LogP contribution in [0.3, 0.4) is 0 Å². The molecule has 3 N–H and O–H groups in total. The number of hydrogen-bond donors (Lipinski definition) is 2. The largest absolute Gasteiger partial charge is 0.465 e. The van der Waals surface area contributed by atoms with Crippen molar-refractivity contribution in [1.29, 1.82) is 0 Å². The fourth-order valence-corrected chi connectivity index (χ4v) is 3.15. The number of nitrogens with one attached hydrogen (secondary N) is 1. The van der Waals surface area contributed by atoms with Gasteiger partial charge in [-0.2, -0.15) is 0 Å². The summed E-state index contributed by atoms with van der Waals surface area (Å²) in [6.07, 6.45) is 0.798. The fourth-order valence-electron chi connectivity index (χ4n) is 3.15. The highest BCUT2D eigenvalue weighted by molar-refractivity contribution is 5.94. The van der Waals surface area contributed by atoms with Crippen LogP contribution in [0.4, 0.5) is 5.82 Å². The first-order valence-corrected chi connectivity index (χ1v) is 9.04. The minimum atomic E-state index is -0.202. The third kappa shape index (κ3) is 5.04. The Kier molecular flexibility index (Phi) is 6.03. The van der Waals surface area contributed by atoms with Gasteiger partial charge >= 0.3 is 5.97 Å². The van der Waals surface area contributed by atoms with Gasteiger partial charge in [0.1, 0.15) is 5.82 Å². The lowest BCUT2D eigenvalue weighted by Crippen LogP contribution is -2.35. The molecule has 1 aliphatic heterocycles. The summed E-state index contributed by atoms with van der Waals surface area (Å²) in [6.45, 7) is 4.27. The van der Waals surface area contributed by atoms with Gasteiger partial charge in [0, 0.05) is 18.7 Å². The van der Waals surface area contributed by atoms with Crippen molar-refractivity contribution in [2.24, 2.45) is 0 Å². The Morgan fingerprint density at radius 3 is 2.89 bits per heavy atom. The molecule has 1 aliphatic rings. The molecule has 2 aromatic rings.